The Hall–Kier alpha value is -3.40. The lowest BCUT2D eigenvalue weighted by atomic mass is 9.74. The quantitative estimate of drug-likeness (QED) is 0.218. The first-order valence-electron chi connectivity index (χ1n) is 13.4. The van der Waals surface area contributed by atoms with Crippen LogP contribution in [0, 0.1) is 22.9 Å². The highest BCUT2D eigenvalue weighted by Crippen LogP contribution is 2.43. The number of carboxylic acid groups (broad SMARTS) is 1. The summed E-state index contributed by atoms with van der Waals surface area (Å²) in [7, 11) is 5.18. The van der Waals surface area contributed by atoms with E-state index in [1.54, 1.807) is 36.4 Å². The van der Waals surface area contributed by atoms with Crippen molar-refractivity contribution in [2.24, 2.45) is 5.41 Å². The maximum Gasteiger partial charge on any atom is 0.309 e. The van der Waals surface area contributed by atoms with Crippen molar-refractivity contribution in [2.75, 3.05) is 45.7 Å². The highest BCUT2D eigenvalue weighted by Gasteiger charge is 2.42. The summed E-state index contributed by atoms with van der Waals surface area (Å²) in [6.07, 6.45) is 2.18. The molecule has 40 heavy (non-hydrogen) atoms. The zero-order valence-corrected chi connectivity index (χ0v) is 23.0. The number of fused-ring (bicyclic) bond motifs is 1. The van der Waals surface area contributed by atoms with Gasteiger partial charge < -0.3 is 19.6 Å². The van der Waals surface area contributed by atoms with Gasteiger partial charge in [0.1, 0.15) is 11.9 Å². The molecule has 1 aromatic heterocycles. The van der Waals surface area contributed by atoms with Gasteiger partial charge in [-0.3, -0.25) is 9.78 Å². The molecule has 1 N–H and O–H groups in total. The van der Waals surface area contributed by atoms with Crippen LogP contribution in [0.25, 0.3) is 10.9 Å². The van der Waals surface area contributed by atoms with Crippen LogP contribution in [0.15, 0.2) is 36.5 Å². The Balaban J connectivity index is 1.40. The molecule has 1 saturated heterocycles. The van der Waals surface area contributed by atoms with Crippen molar-refractivity contribution in [1.29, 1.82) is 0 Å². The van der Waals surface area contributed by atoms with Crippen LogP contribution >= 0.6 is 0 Å². The number of hydrogen-bond acceptors (Lipinski definition) is 5. The van der Waals surface area contributed by atoms with E-state index in [0.717, 1.165) is 12.1 Å². The number of nitrogens with zero attached hydrogens (tertiary/aromatic N) is 3. The number of ether oxygens (including phenoxy) is 1. The van der Waals surface area contributed by atoms with Crippen molar-refractivity contribution in [3.05, 3.63) is 65.1 Å². The molecule has 0 bridgehead atoms. The molecule has 216 valence electrons. The Kier molecular flexibility index (Phi) is 9.18. The largest absolute Gasteiger partial charge is 0.497 e. The van der Waals surface area contributed by atoms with Gasteiger partial charge in [0, 0.05) is 25.0 Å². The molecule has 1 atom stereocenters. The monoisotopic (exact) mass is 561 g/mol. The topological polar surface area (TPSA) is 65.9 Å². The van der Waals surface area contributed by atoms with Gasteiger partial charge in [-0.1, -0.05) is 0 Å². The molecule has 0 spiro atoms. The average molecular weight is 562 g/mol. The van der Waals surface area contributed by atoms with E-state index in [1.165, 1.54) is 0 Å². The summed E-state index contributed by atoms with van der Waals surface area (Å²) >= 11 is 0. The van der Waals surface area contributed by atoms with Gasteiger partial charge in [0.05, 0.1) is 29.9 Å². The fourth-order valence-electron chi connectivity index (χ4n) is 5.58. The van der Waals surface area contributed by atoms with Gasteiger partial charge >= 0.3 is 5.97 Å². The summed E-state index contributed by atoms with van der Waals surface area (Å²) in [5, 5.41) is 10.8. The van der Waals surface area contributed by atoms with E-state index >= 15 is 4.39 Å². The fourth-order valence-corrected chi connectivity index (χ4v) is 5.58. The number of carbonyl (C=O) groups is 1. The van der Waals surface area contributed by atoms with E-state index < -0.39 is 35.0 Å². The number of likely N-dealkylation sites (tertiary alicyclic amines) is 1. The summed E-state index contributed by atoms with van der Waals surface area (Å²) in [5.74, 6) is -4.23. The van der Waals surface area contributed by atoms with Gasteiger partial charge in [-0.05, 0) is 94.1 Å². The number of aliphatic carboxylic acids is 1. The summed E-state index contributed by atoms with van der Waals surface area (Å²) < 4.78 is 61.5. The van der Waals surface area contributed by atoms with Crippen LogP contribution in [0.3, 0.4) is 0 Å². The molecule has 0 aliphatic carbocycles. The second-order valence-corrected chi connectivity index (χ2v) is 10.7. The Morgan fingerprint density at radius 2 is 1.82 bits per heavy atom. The molecule has 1 aliphatic heterocycles. The van der Waals surface area contributed by atoms with Crippen LogP contribution in [0.1, 0.15) is 49.4 Å². The lowest BCUT2D eigenvalue weighted by molar-refractivity contribution is -0.153. The third kappa shape index (κ3) is 6.32. The minimum Gasteiger partial charge on any atom is -0.497 e. The standard InChI is InChI=1S/C30H35F4N3O3/c1-36(2)26-18-35-25-7-6-20(40-3)17-21(25)27(26)22(31)8-9-30(29(38)39)10-13-37(14-11-30)12-4-5-19-15-23(32)28(34)24(33)16-19/h6-7,15-18,22H,4-5,8-14H2,1-3H3,(H,38,39). The number of benzene rings is 2. The number of pyridine rings is 1. The Labute approximate surface area is 231 Å². The first kappa shape index (κ1) is 29.6. The highest BCUT2D eigenvalue weighted by molar-refractivity contribution is 5.88. The molecule has 6 nitrogen and oxygen atoms in total. The predicted octanol–water partition coefficient (Wildman–Crippen LogP) is 6.32. The third-order valence-corrected chi connectivity index (χ3v) is 8.02. The Morgan fingerprint density at radius 1 is 1.15 bits per heavy atom. The second-order valence-electron chi connectivity index (χ2n) is 10.7. The van der Waals surface area contributed by atoms with Crippen LogP contribution in [0.5, 0.6) is 5.75 Å². The van der Waals surface area contributed by atoms with Crippen LogP contribution in [0.2, 0.25) is 0 Å². The van der Waals surface area contributed by atoms with Crippen LogP contribution in [-0.4, -0.2) is 61.8 Å². The number of piperidine rings is 1. The van der Waals surface area contributed by atoms with E-state index in [-0.39, 0.29) is 12.8 Å². The minimum atomic E-state index is -1.48. The number of carboxylic acids is 1. The number of halogens is 4. The van der Waals surface area contributed by atoms with E-state index in [9.17, 15) is 23.1 Å². The Morgan fingerprint density at radius 3 is 2.42 bits per heavy atom. The number of aromatic nitrogens is 1. The third-order valence-electron chi connectivity index (χ3n) is 8.02. The molecule has 1 aliphatic rings. The van der Waals surface area contributed by atoms with Gasteiger partial charge in [-0.15, -0.1) is 0 Å². The SMILES string of the molecule is COc1ccc2ncc(N(C)C)c(C(F)CCC3(C(=O)O)CCN(CCCc4cc(F)c(F)c(F)c4)CC3)c2c1. The molecule has 0 saturated carbocycles. The van der Waals surface area contributed by atoms with E-state index in [4.69, 9.17) is 4.74 Å². The van der Waals surface area contributed by atoms with Crippen LogP contribution in [0.4, 0.5) is 23.2 Å². The van der Waals surface area contributed by atoms with Crippen molar-refractivity contribution in [3.63, 3.8) is 0 Å². The summed E-state index contributed by atoms with van der Waals surface area (Å²) in [6, 6.07) is 7.31. The molecular weight excluding hydrogens is 526 g/mol. The number of rotatable bonds is 11. The zero-order valence-electron chi connectivity index (χ0n) is 23.0. The van der Waals surface area contributed by atoms with Gasteiger partial charge in [-0.2, -0.15) is 0 Å². The summed E-state index contributed by atoms with van der Waals surface area (Å²) in [4.78, 5) is 20.8. The normalized spacial score (nSPS) is 16.2. The maximum atomic E-state index is 16.0. The minimum absolute atomic E-state index is 0.0468. The lowest BCUT2D eigenvalue weighted by Gasteiger charge is -2.39. The number of hydrogen-bond donors (Lipinski definition) is 1. The number of anilines is 1. The van der Waals surface area contributed by atoms with Gasteiger partial charge in [-0.25, -0.2) is 17.6 Å². The van der Waals surface area contributed by atoms with Crippen molar-refractivity contribution in [1.82, 2.24) is 9.88 Å². The van der Waals surface area contributed by atoms with Crippen LogP contribution in [-0.2, 0) is 11.2 Å². The van der Waals surface area contributed by atoms with Crippen molar-refractivity contribution >= 4 is 22.6 Å². The molecule has 1 fully saturated rings. The van der Waals surface area contributed by atoms with Crippen LogP contribution < -0.4 is 9.64 Å². The second kappa shape index (κ2) is 12.4. The van der Waals surface area contributed by atoms with Gasteiger partial charge in [0.15, 0.2) is 17.5 Å². The molecule has 0 radical (unpaired) electrons. The van der Waals surface area contributed by atoms with Gasteiger partial charge in [0.25, 0.3) is 0 Å². The maximum absolute atomic E-state index is 16.0. The van der Waals surface area contributed by atoms with Crippen molar-refractivity contribution in [3.8, 4) is 5.75 Å². The van der Waals surface area contributed by atoms with Crippen molar-refractivity contribution < 1.29 is 32.2 Å². The van der Waals surface area contributed by atoms with Crippen molar-refractivity contribution in [2.45, 2.75) is 44.7 Å². The average Bonchev–Trinajstić information content (AvgIpc) is 2.94. The molecule has 2 aromatic carbocycles. The van der Waals surface area contributed by atoms with E-state index in [2.05, 4.69) is 9.88 Å². The van der Waals surface area contributed by atoms with E-state index in [1.807, 2.05) is 14.1 Å². The molecular formula is C30H35F4N3O3. The Bertz CT molecular complexity index is 1340. The lowest BCUT2D eigenvalue weighted by Crippen LogP contribution is -2.44. The zero-order chi connectivity index (χ0) is 29.0. The number of methoxy groups -OCH3 is 1. The molecule has 1 unspecified atom stereocenters. The molecule has 2 heterocycles. The fraction of sp³-hybridized carbons (Fsp3) is 0.467. The number of aryl methyl sites for hydroxylation is 1. The smallest absolute Gasteiger partial charge is 0.309 e. The first-order valence-corrected chi connectivity index (χ1v) is 13.4. The first-order chi connectivity index (χ1) is 19.0. The highest BCUT2D eigenvalue weighted by atomic mass is 19.2. The molecule has 4 rings (SSSR count). The molecule has 0 amide bonds. The van der Waals surface area contributed by atoms with Gasteiger partial charge in [0.2, 0.25) is 0 Å². The predicted molar refractivity (Wildman–Crippen MR) is 146 cm³/mol. The summed E-state index contributed by atoms with van der Waals surface area (Å²) in [5.41, 5.74) is 1.08. The van der Waals surface area contributed by atoms with E-state index in [0.29, 0.717) is 78.8 Å². The number of alkyl halides is 1. The summed E-state index contributed by atoms with van der Waals surface area (Å²) in [6.45, 7) is 1.65. The molecule has 3 aromatic rings. The molecule has 10 heteroatoms.